The molecule has 2 aromatic rings. The van der Waals surface area contributed by atoms with E-state index in [1.165, 1.54) is 0 Å². The number of piperidine rings is 1. The molecule has 3 rings (SSSR count). The summed E-state index contributed by atoms with van der Waals surface area (Å²) < 4.78 is 7.59. The molecule has 29 heavy (non-hydrogen) atoms. The van der Waals surface area contributed by atoms with Gasteiger partial charge in [-0.1, -0.05) is 47.6 Å². The summed E-state index contributed by atoms with van der Waals surface area (Å²) >= 11 is 0. The first-order valence-electron chi connectivity index (χ1n) is 11.3. The van der Waals surface area contributed by atoms with Crippen LogP contribution in [0.1, 0.15) is 87.3 Å². The highest BCUT2D eigenvalue weighted by Gasteiger charge is 2.30. The van der Waals surface area contributed by atoms with Crippen molar-refractivity contribution in [1.29, 1.82) is 0 Å². The van der Waals surface area contributed by atoms with Gasteiger partial charge in [0, 0.05) is 31.4 Å². The maximum atomic E-state index is 12.5. The van der Waals surface area contributed by atoms with E-state index in [0.29, 0.717) is 0 Å². The Morgan fingerprint density at radius 2 is 1.76 bits per heavy atom. The number of ether oxygens (including phenoxy) is 1. The van der Waals surface area contributed by atoms with Crippen LogP contribution in [0, 0.1) is 0 Å². The molecule has 5 heteroatoms. The maximum absolute atomic E-state index is 12.5. The highest BCUT2D eigenvalue weighted by atomic mass is 16.6. The number of pyridine rings is 1. The molecular weight excluding hydrogens is 362 g/mol. The van der Waals surface area contributed by atoms with E-state index in [9.17, 15) is 4.79 Å². The molecule has 2 aromatic heterocycles. The number of hydrogen-bond donors (Lipinski definition) is 0. The molecule has 0 unspecified atom stereocenters. The standard InChI is InChI=1S/C18H25N3O2.3C2H6/c1-18(2,3)23-17(22)21-11-7-4-8-15(21)12-14-13-20-10-6-5-9-16(20)19-14;3*1-2/h5-6,9-10,13,15H,4,7-8,11-12H2,1-3H3;3*1-2H3/t15-;;;/m0.../s1. The summed E-state index contributed by atoms with van der Waals surface area (Å²) in [7, 11) is 0. The lowest BCUT2D eigenvalue weighted by atomic mass is 9.98. The van der Waals surface area contributed by atoms with Crippen molar-refractivity contribution in [2.75, 3.05) is 6.54 Å². The summed E-state index contributed by atoms with van der Waals surface area (Å²) in [4.78, 5) is 19.0. The van der Waals surface area contributed by atoms with Crippen LogP contribution < -0.4 is 0 Å². The van der Waals surface area contributed by atoms with E-state index in [-0.39, 0.29) is 12.1 Å². The van der Waals surface area contributed by atoms with E-state index in [1.807, 2.05) is 96.0 Å². The lowest BCUT2D eigenvalue weighted by molar-refractivity contribution is 0.00986. The number of fused-ring (bicyclic) bond motifs is 1. The number of carbonyl (C=O) groups excluding carboxylic acids is 1. The van der Waals surface area contributed by atoms with Crippen LogP contribution in [0.4, 0.5) is 4.79 Å². The first kappa shape index (κ1) is 27.0. The molecule has 1 saturated heterocycles. The molecule has 1 aliphatic heterocycles. The van der Waals surface area contributed by atoms with Gasteiger partial charge >= 0.3 is 6.09 Å². The average molecular weight is 406 g/mol. The van der Waals surface area contributed by atoms with E-state index in [2.05, 4.69) is 11.2 Å². The summed E-state index contributed by atoms with van der Waals surface area (Å²) in [5.74, 6) is 0. The number of nitrogens with zero attached hydrogens (tertiary/aromatic N) is 3. The second-order valence-electron chi connectivity index (χ2n) is 7.23. The van der Waals surface area contributed by atoms with E-state index in [0.717, 1.165) is 43.6 Å². The number of rotatable bonds is 2. The molecule has 0 N–H and O–H groups in total. The molecular formula is C24H43N3O2. The minimum absolute atomic E-state index is 0.170. The van der Waals surface area contributed by atoms with Gasteiger partial charge in [0.15, 0.2) is 0 Å². The molecule has 1 fully saturated rings. The van der Waals surface area contributed by atoms with Crippen molar-refractivity contribution in [1.82, 2.24) is 14.3 Å². The second kappa shape index (κ2) is 14.0. The van der Waals surface area contributed by atoms with Crippen molar-refractivity contribution in [3.05, 3.63) is 36.3 Å². The molecule has 0 saturated carbocycles. The number of likely N-dealkylation sites (tertiary alicyclic amines) is 1. The molecule has 166 valence electrons. The van der Waals surface area contributed by atoms with Crippen LogP contribution >= 0.6 is 0 Å². The number of carbonyl (C=O) groups is 1. The van der Waals surface area contributed by atoms with Gasteiger partial charge in [-0.2, -0.15) is 0 Å². The van der Waals surface area contributed by atoms with Gasteiger partial charge in [-0.25, -0.2) is 9.78 Å². The van der Waals surface area contributed by atoms with E-state index in [1.54, 1.807) is 0 Å². The molecule has 0 aromatic carbocycles. The third-order valence-corrected chi connectivity index (χ3v) is 4.11. The summed E-state index contributed by atoms with van der Waals surface area (Å²) in [5.41, 5.74) is 1.51. The van der Waals surface area contributed by atoms with E-state index in [4.69, 9.17) is 4.74 Å². The van der Waals surface area contributed by atoms with Crippen molar-refractivity contribution in [3.8, 4) is 0 Å². The minimum Gasteiger partial charge on any atom is -0.444 e. The molecule has 0 radical (unpaired) electrons. The van der Waals surface area contributed by atoms with Gasteiger partial charge in [-0.3, -0.25) is 0 Å². The van der Waals surface area contributed by atoms with Crippen molar-refractivity contribution < 1.29 is 9.53 Å². The molecule has 0 bridgehead atoms. The Kier molecular flexibility index (Phi) is 13.0. The molecule has 1 amide bonds. The zero-order valence-corrected chi connectivity index (χ0v) is 20.2. The van der Waals surface area contributed by atoms with Gasteiger partial charge < -0.3 is 14.0 Å². The zero-order chi connectivity index (χ0) is 22.4. The molecule has 1 aliphatic rings. The number of hydrogen-bond acceptors (Lipinski definition) is 3. The smallest absolute Gasteiger partial charge is 0.410 e. The van der Waals surface area contributed by atoms with Crippen molar-refractivity contribution in [2.24, 2.45) is 0 Å². The lowest BCUT2D eigenvalue weighted by Crippen LogP contribution is -2.47. The maximum Gasteiger partial charge on any atom is 0.410 e. The minimum atomic E-state index is -0.456. The summed E-state index contributed by atoms with van der Waals surface area (Å²) in [6.07, 6.45) is 7.83. The molecule has 1 atom stereocenters. The lowest BCUT2D eigenvalue weighted by Gasteiger charge is -2.36. The first-order chi connectivity index (χ1) is 13.9. The molecule has 3 heterocycles. The van der Waals surface area contributed by atoms with E-state index < -0.39 is 5.60 Å². The largest absolute Gasteiger partial charge is 0.444 e. The first-order valence-corrected chi connectivity index (χ1v) is 11.3. The Morgan fingerprint density at radius 1 is 1.10 bits per heavy atom. The number of aromatic nitrogens is 2. The Balaban J connectivity index is 0.00000120. The van der Waals surface area contributed by atoms with Crippen LogP contribution in [-0.2, 0) is 11.2 Å². The van der Waals surface area contributed by atoms with Gasteiger partial charge in [0.05, 0.1) is 5.69 Å². The highest BCUT2D eigenvalue weighted by molar-refractivity contribution is 5.68. The quantitative estimate of drug-likeness (QED) is 0.555. The fourth-order valence-corrected chi connectivity index (χ4v) is 3.10. The van der Waals surface area contributed by atoms with Crippen LogP contribution in [0.25, 0.3) is 5.65 Å². The van der Waals surface area contributed by atoms with Crippen LogP contribution in [-0.4, -0.2) is 38.6 Å². The third-order valence-electron chi connectivity index (χ3n) is 4.11. The van der Waals surface area contributed by atoms with Crippen LogP contribution in [0.2, 0.25) is 0 Å². The Morgan fingerprint density at radius 3 is 2.34 bits per heavy atom. The Bertz CT molecular complexity index is 656. The van der Waals surface area contributed by atoms with Crippen LogP contribution in [0.3, 0.4) is 0 Å². The topological polar surface area (TPSA) is 46.8 Å². The van der Waals surface area contributed by atoms with Gasteiger partial charge in [-0.15, -0.1) is 0 Å². The van der Waals surface area contributed by atoms with Crippen molar-refractivity contribution >= 4 is 11.7 Å². The number of imidazole rings is 1. The van der Waals surface area contributed by atoms with E-state index >= 15 is 0 Å². The predicted octanol–water partition coefficient (Wildman–Crippen LogP) is 6.75. The third kappa shape index (κ3) is 8.88. The zero-order valence-electron chi connectivity index (χ0n) is 20.2. The molecule has 0 aliphatic carbocycles. The molecule has 0 spiro atoms. The van der Waals surface area contributed by atoms with Gasteiger partial charge in [-0.05, 0) is 52.2 Å². The summed E-state index contributed by atoms with van der Waals surface area (Å²) in [5, 5.41) is 0. The van der Waals surface area contributed by atoms with Crippen LogP contribution in [0.5, 0.6) is 0 Å². The van der Waals surface area contributed by atoms with Gasteiger partial charge in [0.1, 0.15) is 11.2 Å². The molecule has 5 nitrogen and oxygen atoms in total. The average Bonchev–Trinajstić information content (AvgIpc) is 3.14. The van der Waals surface area contributed by atoms with Crippen molar-refractivity contribution in [3.63, 3.8) is 0 Å². The fourth-order valence-electron chi connectivity index (χ4n) is 3.10. The normalized spacial score (nSPS) is 15.8. The summed E-state index contributed by atoms with van der Waals surface area (Å²) in [6, 6.07) is 6.14. The second-order valence-corrected chi connectivity index (χ2v) is 7.23. The van der Waals surface area contributed by atoms with Crippen molar-refractivity contribution in [2.45, 2.75) is 99.6 Å². The predicted molar refractivity (Wildman–Crippen MR) is 124 cm³/mol. The summed E-state index contributed by atoms with van der Waals surface area (Å²) in [6.45, 7) is 18.5. The Hall–Kier alpha value is -2.04. The SMILES string of the molecule is CC.CC.CC.CC(C)(C)OC(=O)N1CCCC[C@H]1Cc1cn2ccccc2n1. The highest BCUT2D eigenvalue weighted by Crippen LogP contribution is 2.23. The Labute approximate surface area is 178 Å². The number of amides is 1. The monoisotopic (exact) mass is 405 g/mol. The van der Waals surface area contributed by atoms with Gasteiger partial charge in [0.2, 0.25) is 0 Å². The van der Waals surface area contributed by atoms with Crippen LogP contribution in [0.15, 0.2) is 30.6 Å². The fraction of sp³-hybridized carbons (Fsp3) is 0.667. The van der Waals surface area contributed by atoms with Gasteiger partial charge in [0.25, 0.3) is 0 Å².